The molecule has 8 heteroatoms. The van der Waals surface area contributed by atoms with Crippen molar-refractivity contribution in [2.75, 3.05) is 30.4 Å². The van der Waals surface area contributed by atoms with Crippen molar-refractivity contribution in [2.45, 2.75) is 0 Å². The number of hydrogen-bond donors (Lipinski definition) is 4. The van der Waals surface area contributed by atoms with Gasteiger partial charge in [-0.15, -0.1) is 0 Å². The smallest absolute Gasteiger partial charge is 0.426 e. The highest BCUT2D eigenvalue weighted by atomic mass is 79.9. The van der Waals surface area contributed by atoms with E-state index in [-0.39, 0.29) is 13.2 Å². The summed E-state index contributed by atoms with van der Waals surface area (Å²) in [6, 6.07) is 5.17. The number of nitrogens with one attached hydrogen (secondary N) is 2. The molecule has 0 bridgehead atoms. The van der Waals surface area contributed by atoms with Crippen molar-refractivity contribution in [3.8, 4) is 0 Å². The highest BCUT2D eigenvalue weighted by Crippen LogP contribution is 2.26. The highest BCUT2D eigenvalue weighted by Gasteiger charge is 2.13. The summed E-state index contributed by atoms with van der Waals surface area (Å²) >= 11 is 3.28. The molecule has 19 heavy (non-hydrogen) atoms. The van der Waals surface area contributed by atoms with Crippen LogP contribution >= 0.6 is 15.9 Å². The van der Waals surface area contributed by atoms with Crippen LogP contribution in [0.4, 0.5) is 16.2 Å². The molecule has 0 spiro atoms. The Morgan fingerprint density at radius 3 is 2.74 bits per heavy atom. The number of anilines is 2. The quantitative estimate of drug-likeness (QED) is 0.444. The van der Waals surface area contributed by atoms with E-state index in [1.54, 1.807) is 18.2 Å². The second-order valence-electron chi connectivity index (χ2n) is 3.51. The topological polar surface area (TPSA) is 102 Å². The third-order valence-electron chi connectivity index (χ3n) is 2.15. The molecule has 0 unspecified atom stereocenters. The van der Waals surface area contributed by atoms with Gasteiger partial charge in [0.1, 0.15) is 12.8 Å². The van der Waals surface area contributed by atoms with Gasteiger partial charge < -0.3 is 20.3 Å². The molecular weight excluding hydrogens is 318 g/mol. The monoisotopic (exact) mass is 331 g/mol. The van der Waals surface area contributed by atoms with Gasteiger partial charge in [-0.3, -0.25) is 5.43 Å². The summed E-state index contributed by atoms with van der Waals surface area (Å²) in [5, 5.41) is 21.4. The predicted molar refractivity (Wildman–Crippen MR) is 74.1 cm³/mol. The molecule has 0 radical (unpaired) electrons. The summed E-state index contributed by atoms with van der Waals surface area (Å²) in [6.45, 7) is -0.00909. The lowest BCUT2D eigenvalue weighted by molar-refractivity contribution is -0.108. The molecule has 0 aliphatic carbocycles. The predicted octanol–water partition coefficient (Wildman–Crippen LogP) is 1.36. The number of nitrogens with zero attached hydrogens (tertiary/aromatic N) is 1. The summed E-state index contributed by atoms with van der Waals surface area (Å²) < 4.78 is 0.751. The lowest BCUT2D eigenvalue weighted by Gasteiger charge is -2.21. The zero-order valence-electron chi connectivity index (χ0n) is 9.97. The van der Waals surface area contributed by atoms with Gasteiger partial charge in [0.25, 0.3) is 0 Å². The van der Waals surface area contributed by atoms with Gasteiger partial charge in [-0.25, -0.2) is 9.80 Å². The molecule has 0 fully saturated rings. The van der Waals surface area contributed by atoms with Gasteiger partial charge in [-0.2, -0.15) is 0 Å². The zero-order chi connectivity index (χ0) is 14.3. The maximum atomic E-state index is 10.9. The Morgan fingerprint density at radius 2 is 2.16 bits per heavy atom. The van der Waals surface area contributed by atoms with Crippen molar-refractivity contribution >= 4 is 39.7 Å². The maximum Gasteiger partial charge on any atom is 0.426 e. The van der Waals surface area contributed by atoms with E-state index >= 15 is 0 Å². The number of aldehydes is 1. The number of hydrazine groups is 1. The molecule has 0 atom stereocenters. The van der Waals surface area contributed by atoms with E-state index in [2.05, 4.69) is 26.7 Å². The number of amides is 1. The van der Waals surface area contributed by atoms with Crippen LogP contribution in [0.25, 0.3) is 0 Å². The lowest BCUT2D eigenvalue weighted by Crippen LogP contribution is -2.36. The molecule has 0 aromatic heterocycles. The van der Waals surface area contributed by atoms with Crippen LogP contribution in [0.1, 0.15) is 0 Å². The summed E-state index contributed by atoms with van der Waals surface area (Å²) in [6.07, 6.45) is -0.778. The third-order valence-corrected chi connectivity index (χ3v) is 2.65. The van der Waals surface area contributed by atoms with Gasteiger partial charge in [-0.05, 0) is 18.2 Å². The van der Waals surface area contributed by atoms with Gasteiger partial charge in [0.2, 0.25) is 0 Å². The van der Waals surface area contributed by atoms with E-state index in [4.69, 9.17) is 10.2 Å². The van der Waals surface area contributed by atoms with Crippen LogP contribution in [-0.4, -0.2) is 47.3 Å². The zero-order valence-corrected chi connectivity index (χ0v) is 11.6. The second-order valence-corrected chi connectivity index (χ2v) is 4.43. The average molecular weight is 332 g/mol. The van der Waals surface area contributed by atoms with Crippen LogP contribution in [0.3, 0.4) is 0 Å². The van der Waals surface area contributed by atoms with Crippen LogP contribution in [0.15, 0.2) is 22.7 Å². The SMILES string of the molecule is O=CCN(Nc1cc(Br)ccc1NCCO)C(=O)O. The summed E-state index contributed by atoms with van der Waals surface area (Å²) in [7, 11) is 0. The maximum absolute atomic E-state index is 10.9. The summed E-state index contributed by atoms with van der Waals surface area (Å²) in [4.78, 5) is 21.4. The Morgan fingerprint density at radius 1 is 1.42 bits per heavy atom. The first kappa shape index (κ1) is 15.3. The van der Waals surface area contributed by atoms with Crippen molar-refractivity contribution in [1.29, 1.82) is 0 Å². The fourth-order valence-corrected chi connectivity index (χ4v) is 1.71. The Kier molecular flexibility index (Phi) is 6.10. The molecule has 1 rings (SSSR count). The summed E-state index contributed by atoms with van der Waals surface area (Å²) in [5.41, 5.74) is 3.72. The van der Waals surface area contributed by atoms with Crippen molar-refractivity contribution in [2.24, 2.45) is 0 Å². The molecule has 1 aromatic carbocycles. The van der Waals surface area contributed by atoms with Crippen LogP contribution in [0.2, 0.25) is 0 Å². The van der Waals surface area contributed by atoms with Crippen molar-refractivity contribution in [3.05, 3.63) is 22.7 Å². The molecule has 0 saturated heterocycles. The van der Waals surface area contributed by atoms with Gasteiger partial charge >= 0.3 is 6.09 Å². The first-order valence-electron chi connectivity index (χ1n) is 5.43. The van der Waals surface area contributed by atoms with E-state index in [1.807, 2.05) is 0 Å². The number of carbonyl (C=O) groups excluding carboxylic acids is 1. The fraction of sp³-hybridized carbons (Fsp3) is 0.273. The van der Waals surface area contributed by atoms with Crippen LogP contribution in [-0.2, 0) is 4.79 Å². The Hall–Kier alpha value is -1.80. The number of aliphatic hydroxyl groups is 1. The number of hydrogen-bond acceptors (Lipinski definition) is 5. The van der Waals surface area contributed by atoms with E-state index < -0.39 is 6.09 Å². The highest BCUT2D eigenvalue weighted by molar-refractivity contribution is 9.10. The van der Waals surface area contributed by atoms with Gasteiger partial charge in [0.05, 0.1) is 18.0 Å². The van der Waals surface area contributed by atoms with Gasteiger partial charge in [-0.1, -0.05) is 15.9 Å². The van der Waals surface area contributed by atoms with E-state index in [0.29, 0.717) is 24.2 Å². The molecule has 4 N–H and O–H groups in total. The molecule has 7 nitrogen and oxygen atoms in total. The molecule has 0 aliphatic rings. The van der Waals surface area contributed by atoms with Crippen molar-refractivity contribution in [3.63, 3.8) is 0 Å². The molecule has 0 saturated carbocycles. The van der Waals surface area contributed by atoms with Crippen LogP contribution < -0.4 is 10.7 Å². The van der Waals surface area contributed by atoms with E-state index in [9.17, 15) is 9.59 Å². The first-order chi connectivity index (χ1) is 9.08. The Balaban J connectivity index is 2.92. The number of benzene rings is 1. The number of carboxylic acid groups (broad SMARTS) is 1. The molecule has 0 aliphatic heterocycles. The van der Waals surface area contributed by atoms with Gasteiger partial charge in [0.15, 0.2) is 0 Å². The molecule has 104 valence electrons. The number of carbonyl (C=O) groups is 2. The van der Waals surface area contributed by atoms with Gasteiger partial charge in [0, 0.05) is 11.0 Å². The minimum absolute atomic E-state index is 0.0491. The van der Waals surface area contributed by atoms with Crippen molar-refractivity contribution in [1.82, 2.24) is 5.01 Å². The lowest BCUT2D eigenvalue weighted by atomic mass is 10.2. The standard InChI is InChI=1S/C11H14BrN3O4/c12-8-1-2-9(13-3-5-16)10(7-8)14-15(4-6-17)11(18)19/h1-2,6-7,13-14,16H,3-5H2,(H,18,19). The second kappa shape index (κ2) is 7.59. The Bertz CT molecular complexity index is 456. The first-order valence-corrected chi connectivity index (χ1v) is 6.22. The van der Waals surface area contributed by atoms with Crippen LogP contribution in [0.5, 0.6) is 0 Å². The average Bonchev–Trinajstić information content (AvgIpc) is 2.37. The minimum atomic E-state index is -1.26. The molecule has 0 heterocycles. The molecule has 1 amide bonds. The Labute approximate surface area is 118 Å². The minimum Gasteiger partial charge on any atom is -0.464 e. The number of aliphatic hydroxyl groups excluding tert-OH is 1. The summed E-state index contributed by atoms with van der Waals surface area (Å²) in [5.74, 6) is 0. The van der Waals surface area contributed by atoms with Crippen LogP contribution in [0, 0.1) is 0 Å². The van der Waals surface area contributed by atoms with E-state index in [1.165, 1.54) is 0 Å². The largest absolute Gasteiger partial charge is 0.464 e. The number of rotatable bonds is 7. The van der Waals surface area contributed by atoms with Crippen molar-refractivity contribution < 1.29 is 19.8 Å². The normalized spacial score (nSPS) is 9.79. The third kappa shape index (κ3) is 4.76. The fourth-order valence-electron chi connectivity index (χ4n) is 1.35. The number of halogens is 1. The van der Waals surface area contributed by atoms with E-state index in [0.717, 1.165) is 9.48 Å². The molecular formula is C11H14BrN3O4. The molecule has 1 aromatic rings.